The van der Waals surface area contributed by atoms with Gasteiger partial charge in [0, 0.05) is 25.9 Å². The maximum absolute atomic E-state index is 11.3. The van der Waals surface area contributed by atoms with Crippen molar-refractivity contribution in [1.29, 1.82) is 0 Å². The van der Waals surface area contributed by atoms with Crippen LogP contribution in [0.25, 0.3) is 6.08 Å². The second kappa shape index (κ2) is 7.45. The molecule has 0 spiro atoms. The molecule has 5 heteroatoms. The van der Waals surface area contributed by atoms with Gasteiger partial charge in [0.2, 0.25) is 5.91 Å². The zero-order chi connectivity index (χ0) is 15.9. The van der Waals surface area contributed by atoms with E-state index in [-0.39, 0.29) is 5.91 Å². The molecule has 1 aliphatic rings. The van der Waals surface area contributed by atoms with Crippen molar-refractivity contribution in [2.75, 3.05) is 13.3 Å². The lowest BCUT2D eigenvalue weighted by molar-refractivity contribution is -0.126. The summed E-state index contributed by atoms with van der Waals surface area (Å²) in [5.74, 6) is 0.353. The van der Waals surface area contributed by atoms with Crippen LogP contribution in [0, 0.1) is 0 Å². The summed E-state index contributed by atoms with van der Waals surface area (Å²) in [5.41, 5.74) is 2.02. The number of carbonyl (C=O) groups is 2. The summed E-state index contributed by atoms with van der Waals surface area (Å²) in [6, 6.07) is 7.89. The van der Waals surface area contributed by atoms with Gasteiger partial charge in [-0.3, -0.25) is 14.5 Å². The van der Waals surface area contributed by atoms with Gasteiger partial charge >= 0.3 is 0 Å². The van der Waals surface area contributed by atoms with Crippen LogP contribution in [0.1, 0.15) is 25.0 Å². The summed E-state index contributed by atoms with van der Waals surface area (Å²) in [4.78, 5) is 25.9. The Morgan fingerprint density at radius 1 is 1.36 bits per heavy atom. The molecule has 1 aromatic rings. The van der Waals surface area contributed by atoms with Gasteiger partial charge in [0.05, 0.1) is 13.3 Å². The lowest BCUT2D eigenvalue weighted by Gasteiger charge is -2.19. The van der Waals surface area contributed by atoms with Crippen molar-refractivity contribution in [1.82, 2.24) is 9.80 Å². The Bertz CT molecular complexity index is 608. The molecule has 0 fully saturated rings. The number of allylic oxidation sites excluding steroid dienone is 1. The van der Waals surface area contributed by atoms with Crippen LogP contribution in [-0.2, 0) is 20.9 Å². The number of hydrogen-bond donors (Lipinski definition) is 0. The third-order valence-corrected chi connectivity index (χ3v) is 3.27. The molecular formula is C17H20N2O3. The molecule has 0 aliphatic carbocycles. The second-order valence-corrected chi connectivity index (χ2v) is 5.02. The zero-order valence-electron chi connectivity index (χ0n) is 12.9. The van der Waals surface area contributed by atoms with Crippen molar-refractivity contribution >= 4 is 18.3 Å². The molecule has 0 radical (unpaired) electrons. The van der Waals surface area contributed by atoms with E-state index in [0.29, 0.717) is 31.9 Å². The molecule has 0 atom stereocenters. The highest BCUT2D eigenvalue weighted by Crippen LogP contribution is 2.15. The minimum Gasteiger partial charge on any atom is -0.490 e. The molecule has 0 unspecified atom stereocenters. The third kappa shape index (κ3) is 4.22. The predicted molar refractivity (Wildman–Crippen MR) is 84.2 cm³/mol. The number of nitrogens with zero attached hydrogens (tertiary/aromatic N) is 2. The maximum Gasteiger partial charge on any atom is 0.224 e. The van der Waals surface area contributed by atoms with Crippen LogP contribution in [0.4, 0.5) is 0 Å². The molecule has 0 saturated carbocycles. The normalized spacial score (nSPS) is 14.4. The number of carbonyl (C=O) groups excluding carboxylic acids is 2. The van der Waals surface area contributed by atoms with Gasteiger partial charge in [0.25, 0.3) is 0 Å². The van der Waals surface area contributed by atoms with E-state index in [1.165, 1.54) is 0 Å². The number of benzene rings is 1. The molecule has 1 heterocycles. The predicted octanol–water partition coefficient (Wildman–Crippen LogP) is 2.36. The van der Waals surface area contributed by atoms with E-state index in [1.54, 1.807) is 24.1 Å². The summed E-state index contributed by atoms with van der Waals surface area (Å²) in [7, 11) is 0. The van der Waals surface area contributed by atoms with E-state index >= 15 is 0 Å². The monoisotopic (exact) mass is 300 g/mol. The first-order valence-corrected chi connectivity index (χ1v) is 7.20. The molecule has 116 valence electrons. The number of ether oxygens (including phenoxy) is 1. The van der Waals surface area contributed by atoms with Crippen LogP contribution >= 0.6 is 0 Å². The van der Waals surface area contributed by atoms with Crippen molar-refractivity contribution in [3.8, 4) is 0 Å². The largest absolute Gasteiger partial charge is 0.490 e. The van der Waals surface area contributed by atoms with Gasteiger partial charge in [0.15, 0.2) is 12.0 Å². The Morgan fingerprint density at radius 2 is 2.18 bits per heavy atom. The minimum absolute atomic E-state index is 0.0303. The van der Waals surface area contributed by atoms with Gasteiger partial charge in [-0.15, -0.1) is 0 Å². The van der Waals surface area contributed by atoms with E-state index in [2.05, 4.69) is 0 Å². The number of amides is 1. The SMILES string of the molecule is CCOC(C=O)=Cc1cccc(CN2C=CN(C(C)=O)C2)c1. The average molecular weight is 300 g/mol. The molecule has 1 aromatic carbocycles. The fraction of sp³-hybridized carbons (Fsp3) is 0.294. The summed E-state index contributed by atoms with van der Waals surface area (Å²) < 4.78 is 5.24. The highest BCUT2D eigenvalue weighted by atomic mass is 16.5. The van der Waals surface area contributed by atoms with Crippen LogP contribution in [0.15, 0.2) is 42.4 Å². The molecule has 0 aromatic heterocycles. The van der Waals surface area contributed by atoms with Crippen LogP contribution in [0.2, 0.25) is 0 Å². The summed E-state index contributed by atoms with van der Waals surface area (Å²) in [6.45, 7) is 5.12. The van der Waals surface area contributed by atoms with Gasteiger partial charge in [-0.05, 0) is 30.2 Å². The Kier molecular flexibility index (Phi) is 5.36. The van der Waals surface area contributed by atoms with Crippen molar-refractivity contribution < 1.29 is 14.3 Å². The molecule has 5 nitrogen and oxygen atoms in total. The van der Waals surface area contributed by atoms with Gasteiger partial charge in [-0.25, -0.2) is 0 Å². The van der Waals surface area contributed by atoms with Gasteiger partial charge in [0.1, 0.15) is 0 Å². The minimum atomic E-state index is 0.0303. The van der Waals surface area contributed by atoms with Gasteiger partial charge < -0.3 is 9.64 Å². The first-order valence-electron chi connectivity index (χ1n) is 7.20. The Morgan fingerprint density at radius 3 is 2.82 bits per heavy atom. The fourth-order valence-corrected chi connectivity index (χ4v) is 2.23. The fourth-order valence-electron chi connectivity index (χ4n) is 2.23. The number of rotatable bonds is 6. The molecule has 0 bridgehead atoms. The van der Waals surface area contributed by atoms with E-state index in [4.69, 9.17) is 4.74 Å². The van der Waals surface area contributed by atoms with E-state index in [9.17, 15) is 9.59 Å². The lowest BCUT2D eigenvalue weighted by Crippen LogP contribution is -2.28. The summed E-state index contributed by atoms with van der Waals surface area (Å²) in [5, 5.41) is 0. The number of hydrogen-bond acceptors (Lipinski definition) is 4. The van der Waals surface area contributed by atoms with Crippen molar-refractivity contribution in [2.45, 2.75) is 20.4 Å². The van der Waals surface area contributed by atoms with Crippen LogP contribution in [0.3, 0.4) is 0 Å². The molecular weight excluding hydrogens is 280 g/mol. The Hall–Kier alpha value is -2.56. The molecule has 22 heavy (non-hydrogen) atoms. The molecule has 0 N–H and O–H groups in total. The maximum atomic E-state index is 11.3. The summed E-state index contributed by atoms with van der Waals surface area (Å²) >= 11 is 0. The highest BCUT2D eigenvalue weighted by Gasteiger charge is 2.15. The highest BCUT2D eigenvalue weighted by molar-refractivity contribution is 5.79. The zero-order valence-corrected chi connectivity index (χ0v) is 12.9. The van der Waals surface area contributed by atoms with Crippen LogP contribution in [0.5, 0.6) is 0 Å². The first-order chi connectivity index (χ1) is 10.6. The van der Waals surface area contributed by atoms with E-state index < -0.39 is 0 Å². The van der Waals surface area contributed by atoms with Crippen LogP contribution in [-0.4, -0.2) is 35.3 Å². The van der Waals surface area contributed by atoms with Gasteiger partial charge in [-0.1, -0.05) is 18.2 Å². The third-order valence-electron chi connectivity index (χ3n) is 3.27. The Balaban J connectivity index is 2.05. The number of aldehydes is 1. The standard InChI is InChI=1S/C17H20N2O3/c1-3-22-17(12-20)10-15-5-4-6-16(9-15)11-18-7-8-19(13-18)14(2)21/h4-10,12H,3,11,13H2,1-2H3. The average Bonchev–Trinajstić information content (AvgIpc) is 2.96. The quantitative estimate of drug-likeness (QED) is 0.460. The van der Waals surface area contributed by atoms with Crippen LogP contribution < -0.4 is 0 Å². The smallest absolute Gasteiger partial charge is 0.224 e. The van der Waals surface area contributed by atoms with E-state index in [1.807, 2.05) is 42.3 Å². The van der Waals surface area contributed by atoms with Crippen molar-refractivity contribution in [3.05, 3.63) is 53.6 Å². The van der Waals surface area contributed by atoms with Crippen molar-refractivity contribution in [2.24, 2.45) is 0 Å². The Labute approximate surface area is 130 Å². The topological polar surface area (TPSA) is 49.9 Å². The second-order valence-electron chi connectivity index (χ2n) is 5.02. The van der Waals surface area contributed by atoms with E-state index in [0.717, 1.165) is 11.1 Å². The van der Waals surface area contributed by atoms with Crippen molar-refractivity contribution in [3.63, 3.8) is 0 Å². The van der Waals surface area contributed by atoms with Gasteiger partial charge in [-0.2, -0.15) is 0 Å². The molecule has 1 aliphatic heterocycles. The first kappa shape index (κ1) is 15.8. The molecule has 0 saturated heterocycles. The lowest BCUT2D eigenvalue weighted by atomic mass is 10.1. The molecule has 1 amide bonds. The summed E-state index contributed by atoms with van der Waals surface area (Å²) in [6.07, 6.45) is 6.12. The molecule has 2 rings (SSSR count).